The Labute approximate surface area is 157 Å². The summed E-state index contributed by atoms with van der Waals surface area (Å²) in [7, 11) is 0. The van der Waals surface area contributed by atoms with Crippen molar-refractivity contribution in [2.45, 2.75) is 89.3 Å². The summed E-state index contributed by atoms with van der Waals surface area (Å²) in [6, 6.07) is 0. The highest BCUT2D eigenvalue weighted by molar-refractivity contribution is 5.66. The summed E-state index contributed by atoms with van der Waals surface area (Å²) in [6.45, 7) is 0. The van der Waals surface area contributed by atoms with Crippen molar-refractivity contribution >= 4 is 5.97 Å². The van der Waals surface area contributed by atoms with E-state index in [-0.39, 0.29) is 24.4 Å². The molecule has 4 heteroatoms. The van der Waals surface area contributed by atoms with Gasteiger partial charge in [0.1, 0.15) is 6.17 Å². The number of carbonyl (C=O) groups is 1. The second kappa shape index (κ2) is 11.5. The maximum absolute atomic E-state index is 14.6. The number of aliphatic carboxylic acids is 1. The third kappa shape index (κ3) is 7.22. The third-order valence-electron chi connectivity index (χ3n) is 6.12. The molecule has 2 fully saturated rings. The fourth-order valence-corrected chi connectivity index (χ4v) is 4.56. The lowest BCUT2D eigenvalue weighted by Crippen LogP contribution is -2.27. The third-order valence-corrected chi connectivity index (χ3v) is 6.12. The first-order valence-electron chi connectivity index (χ1n) is 10.5. The molecule has 0 spiro atoms. The molecule has 2 saturated carbocycles. The molecule has 0 aliphatic heterocycles. The SMILES string of the molecule is O=C(O)CCC[C@@H](F)[C@H]1CCCCC1/C=C/C=C/[C@@H](O)C1CCCCC1. The number of allylic oxidation sites excluding steroid dienone is 3. The molecule has 2 aliphatic rings. The molecule has 0 bridgehead atoms. The highest BCUT2D eigenvalue weighted by Crippen LogP contribution is 2.36. The van der Waals surface area contributed by atoms with Gasteiger partial charge in [0.25, 0.3) is 0 Å². The number of carboxylic acid groups (broad SMARTS) is 1. The zero-order valence-electron chi connectivity index (χ0n) is 15.9. The summed E-state index contributed by atoms with van der Waals surface area (Å²) in [5.74, 6) is -0.232. The normalized spacial score (nSPS) is 27.8. The minimum Gasteiger partial charge on any atom is -0.481 e. The van der Waals surface area contributed by atoms with E-state index in [4.69, 9.17) is 5.11 Å². The molecular formula is C22H35FO3. The van der Waals surface area contributed by atoms with Crippen molar-refractivity contribution in [1.29, 1.82) is 0 Å². The Morgan fingerprint density at radius 1 is 1.04 bits per heavy atom. The van der Waals surface area contributed by atoms with Crippen molar-refractivity contribution in [3.8, 4) is 0 Å². The van der Waals surface area contributed by atoms with E-state index in [0.29, 0.717) is 18.8 Å². The maximum Gasteiger partial charge on any atom is 0.303 e. The van der Waals surface area contributed by atoms with Gasteiger partial charge in [0.2, 0.25) is 0 Å². The number of hydrogen-bond acceptors (Lipinski definition) is 2. The van der Waals surface area contributed by atoms with E-state index in [1.165, 1.54) is 19.3 Å². The van der Waals surface area contributed by atoms with Crippen molar-refractivity contribution in [2.75, 3.05) is 0 Å². The molecule has 0 radical (unpaired) electrons. The van der Waals surface area contributed by atoms with E-state index < -0.39 is 12.1 Å². The predicted molar refractivity (Wildman–Crippen MR) is 103 cm³/mol. The van der Waals surface area contributed by atoms with Crippen LogP contribution < -0.4 is 0 Å². The van der Waals surface area contributed by atoms with Crippen molar-refractivity contribution in [1.82, 2.24) is 0 Å². The van der Waals surface area contributed by atoms with Gasteiger partial charge in [0.15, 0.2) is 0 Å². The first-order chi connectivity index (χ1) is 12.6. The second-order valence-electron chi connectivity index (χ2n) is 8.07. The Balaban J connectivity index is 1.81. The van der Waals surface area contributed by atoms with Crippen LogP contribution in [0, 0.1) is 17.8 Å². The van der Waals surface area contributed by atoms with Crippen LogP contribution in [0.15, 0.2) is 24.3 Å². The Morgan fingerprint density at radius 3 is 2.46 bits per heavy atom. The lowest BCUT2D eigenvalue weighted by Gasteiger charge is -2.32. The molecule has 0 aromatic heterocycles. The highest BCUT2D eigenvalue weighted by atomic mass is 19.1. The van der Waals surface area contributed by atoms with Crippen LogP contribution in [0.3, 0.4) is 0 Å². The highest BCUT2D eigenvalue weighted by Gasteiger charge is 2.30. The fraction of sp³-hybridized carbons (Fsp3) is 0.773. The molecule has 2 rings (SSSR count). The minimum atomic E-state index is -0.916. The van der Waals surface area contributed by atoms with E-state index in [0.717, 1.165) is 38.5 Å². The monoisotopic (exact) mass is 366 g/mol. The van der Waals surface area contributed by atoms with Gasteiger partial charge in [-0.3, -0.25) is 4.79 Å². The first kappa shape index (κ1) is 21.1. The van der Waals surface area contributed by atoms with Crippen LogP contribution >= 0.6 is 0 Å². The van der Waals surface area contributed by atoms with Crippen LogP contribution in [0.4, 0.5) is 4.39 Å². The number of aliphatic hydroxyl groups is 1. The molecule has 4 atom stereocenters. The van der Waals surface area contributed by atoms with E-state index in [9.17, 15) is 14.3 Å². The van der Waals surface area contributed by atoms with Gasteiger partial charge in [0.05, 0.1) is 6.10 Å². The van der Waals surface area contributed by atoms with Crippen LogP contribution in [0.1, 0.15) is 77.0 Å². The van der Waals surface area contributed by atoms with Crippen LogP contribution in [-0.2, 0) is 4.79 Å². The van der Waals surface area contributed by atoms with Gasteiger partial charge in [-0.1, -0.05) is 56.4 Å². The van der Waals surface area contributed by atoms with Crippen LogP contribution in [-0.4, -0.2) is 28.5 Å². The predicted octanol–water partition coefficient (Wildman–Crippen LogP) is 5.44. The number of carboxylic acids is 1. The second-order valence-corrected chi connectivity index (χ2v) is 8.07. The van der Waals surface area contributed by atoms with E-state index in [2.05, 4.69) is 6.08 Å². The standard InChI is InChI=1S/C22H35FO3/c23-20(14-8-16-22(25)26)19-13-6-4-9-17(19)10-5-7-15-21(24)18-11-2-1-3-12-18/h5,7,10,15,17-21,24H,1-4,6,8-9,11-14,16H2,(H,25,26)/b10-5+,15-7+/t17?,19-,20+,21+/m0/s1. The molecule has 0 aromatic carbocycles. The quantitative estimate of drug-likeness (QED) is 0.534. The van der Waals surface area contributed by atoms with Crippen molar-refractivity contribution in [3.63, 3.8) is 0 Å². The Morgan fingerprint density at radius 2 is 1.73 bits per heavy atom. The minimum absolute atomic E-state index is 0.00506. The summed E-state index contributed by atoms with van der Waals surface area (Å²) >= 11 is 0. The lowest BCUT2D eigenvalue weighted by atomic mass is 9.75. The number of halogens is 1. The summed E-state index contributed by atoms with van der Waals surface area (Å²) in [5, 5.41) is 19.0. The zero-order chi connectivity index (χ0) is 18.8. The summed E-state index contributed by atoms with van der Waals surface area (Å²) in [6.07, 6.45) is 17.4. The molecule has 3 nitrogen and oxygen atoms in total. The van der Waals surface area contributed by atoms with Crippen molar-refractivity contribution in [2.24, 2.45) is 17.8 Å². The van der Waals surface area contributed by atoms with Crippen LogP contribution in [0.25, 0.3) is 0 Å². The maximum atomic E-state index is 14.6. The first-order valence-corrected chi connectivity index (χ1v) is 10.5. The summed E-state index contributed by atoms with van der Waals surface area (Å²) in [4.78, 5) is 10.6. The largest absolute Gasteiger partial charge is 0.481 e. The van der Waals surface area contributed by atoms with E-state index >= 15 is 0 Å². The summed E-state index contributed by atoms with van der Waals surface area (Å²) in [5.41, 5.74) is 0. The van der Waals surface area contributed by atoms with Gasteiger partial charge < -0.3 is 10.2 Å². The van der Waals surface area contributed by atoms with E-state index in [1.54, 1.807) is 0 Å². The number of aliphatic hydroxyl groups excluding tert-OH is 1. The Hall–Kier alpha value is -1.16. The van der Waals surface area contributed by atoms with Crippen LogP contribution in [0.2, 0.25) is 0 Å². The molecule has 1 unspecified atom stereocenters. The molecule has 26 heavy (non-hydrogen) atoms. The van der Waals surface area contributed by atoms with Gasteiger partial charge >= 0.3 is 5.97 Å². The molecule has 148 valence electrons. The average molecular weight is 367 g/mol. The molecule has 2 aliphatic carbocycles. The molecule has 0 amide bonds. The molecule has 0 aromatic rings. The van der Waals surface area contributed by atoms with Gasteiger partial charge in [-0.15, -0.1) is 0 Å². The Kier molecular flexibility index (Phi) is 9.38. The smallest absolute Gasteiger partial charge is 0.303 e. The number of hydrogen-bond donors (Lipinski definition) is 2. The number of alkyl halides is 1. The van der Waals surface area contributed by atoms with Crippen molar-refractivity contribution in [3.05, 3.63) is 24.3 Å². The number of rotatable bonds is 9. The Bertz CT molecular complexity index is 468. The van der Waals surface area contributed by atoms with Gasteiger partial charge in [-0.25, -0.2) is 4.39 Å². The topological polar surface area (TPSA) is 57.5 Å². The fourth-order valence-electron chi connectivity index (χ4n) is 4.56. The van der Waals surface area contributed by atoms with Gasteiger partial charge in [-0.2, -0.15) is 0 Å². The average Bonchev–Trinajstić information content (AvgIpc) is 2.65. The molecule has 0 heterocycles. The van der Waals surface area contributed by atoms with Crippen molar-refractivity contribution < 1.29 is 19.4 Å². The molecular weight excluding hydrogens is 331 g/mol. The zero-order valence-corrected chi connectivity index (χ0v) is 15.9. The van der Waals surface area contributed by atoms with Crippen LogP contribution in [0.5, 0.6) is 0 Å². The van der Waals surface area contributed by atoms with Gasteiger partial charge in [-0.05, 0) is 56.3 Å². The van der Waals surface area contributed by atoms with Gasteiger partial charge in [0, 0.05) is 6.42 Å². The summed E-state index contributed by atoms with van der Waals surface area (Å²) < 4.78 is 14.6. The molecule has 2 N–H and O–H groups in total. The van der Waals surface area contributed by atoms with E-state index in [1.807, 2.05) is 18.2 Å². The lowest BCUT2D eigenvalue weighted by molar-refractivity contribution is -0.137. The molecule has 0 saturated heterocycles.